The highest BCUT2D eigenvalue weighted by atomic mass is 35.5. The first-order valence-electron chi connectivity index (χ1n) is 9.49. The molecule has 0 spiro atoms. The Morgan fingerprint density at radius 1 is 1.00 bits per heavy atom. The van der Waals surface area contributed by atoms with E-state index in [0.717, 1.165) is 10.9 Å². The number of fused-ring (bicyclic) bond motifs is 1. The molecule has 0 saturated carbocycles. The van der Waals surface area contributed by atoms with Crippen LogP contribution in [0.2, 0.25) is 15.1 Å². The van der Waals surface area contributed by atoms with Crippen molar-refractivity contribution in [1.82, 2.24) is 14.2 Å². The Morgan fingerprint density at radius 2 is 1.71 bits per heavy atom. The molecule has 2 heterocycles. The van der Waals surface area contributed by atoms with Crippen LogP contribution in [-0.2, 0) is 10.0 Å². The number of piperazine rings is 1. The van der Waals surface area contributed by atoms with Gasteiger partial charge in [0.15, 0.2) is 0 Å². The fourth-order valence-corrected chi connectivity index (χ4v) is 5.92. The minimum atomic E-state index is -3.82. The molecule has 0 atom stereocenters. The zero-order valence-electron chi connectivity index (χ0n) is 16.5. The van der Waals surface area contributed by atoms with Gasteiger partial charge in [-0.15, -0.1) is 0 Å². The molecule has 6 nitrogen and oxygen atoms in total. The summed E-state index contributed by atoms with van der Waals surface area (Å²) in [5.41, 5.74) is 1.84. The number of carbonyl (C=O) groups is 1. The predicted molar refractivity (Wildman–Crippen MR) is 123 cm³/mol. The van der Waals surface area contributed by atoms with Gasteiger partial charge in [0.05, 0.1) is 26.8 Å². The number of hydrogen-bond donors (Lipinski definition) is 0. The zero-order valence-corrected chi connectivity index (χ0v) is 19.6. The Hall–Kier alpha value is -1.90. The predicted octanol–water partition coefficient (Wildman–Crippen LogP) is 4.65. The molecule has 2 aromatic carbocycles. The van der Waals surface area contributed by atoms with Gasteiger partial charge in [0.1, 0.15) is 4.90 Å². The van der Waals surface area contributed by atoms with E-state index in [2.05, 4.69) is 4.98 Å². The van der Waals surface area contributed by atoms with E-state index in [-0.39, 0.29) is 47.0 Å². The van der Waals surface area contributed by atoms with E-state index in [0.29, 0.717) is 16.3 Å². The van der Waals surface area contributed by atoms with Gasteiger partial charge in [-0.25, -0.2) is 8.42 Å². The van der Waals surface area contributed by atoms with E-state index in [1.165, 1.54) is 16.4 Å². The summed E-state index contributed by atoms with van der Waals surface area (Å²) < 4.78 is 27.3. The fourth-order valence-electron chi connectivity index (χ4n) is 3.58. The highest BCUT2D eigenvalue weighted by Gasteiger charge is 2.32. The first-order chi connectivity index (χ1) is 14.7. The number of halogens is 3. The van der Waals surface area contributed by atoms with Crippen LogP contribution in [0, 0.1) is 6.92 Å². The first-order valence-corrected chi connectivity index (χ1v) is 12.1. The maximum Gasteiger partial charge on any atom is 0.255 e. The summed E-state index contributed by atoms with van der Waals surface area (Å²) in [6.45, 7) is 2.60. The second-order valence-corrected chi connectivity index (χ2v) is 10.3. The van der Waals surface area contributed by atoms with E-state index in [9.17, 15) is 13.2 Å². The van der Waals surface area contributed by atoms with Crippen LogP contribution in [0.5, 0.6) is 0 Å². The molecule has 1 amide bonds. The number of sulfonamides is 1. The summed E-state index contributed by atoms with van der Waals surface area (Å²) in [6, 6.07) is 11.6. The van der Waals surface area contributed by atoms with Crippen molar-refractivity contribution in [2.45, 2.75) is 11.8 Å². The molecular formula is C21H18Cl3N3O3S. The zero-order chi connectivity index (χ0) is 22.3. The van der Waals surface area contributed by atoms with Crippen LogP contribution in [0.25, 0.3) is 10.9 Å². The second kappa shape index (κ2) is 8.56. The Balaban J connectivity index is 1.54. The topological polar surface area (TPSA) is 70.6 Å². The van der Waals surface area contributed by atoms with E-state index in [4.69, 9.17) is 34.8 Å². The quantitative estimate of drug-likeness (QED) is 0.527. The minimum Gasteiger partial charge on any atom is -0.336 e. The van der Waals surface area contributed by atoms with Gasteiger partial charge >= 0.3 is 0 Å². The number of amides is 1. The van der Waals surface area contributed by atoms with Crippen LogP contribution in [0.15, 0.2) is 47.4 Å². The summed E-state index contributed by atoms with van der Waals surface area (Å²) >= 11 is 18.2. The maximum absolute atomic E-state index is 13.1. The molecule has 1 fully saturated rings. The van der Waals surface area contributed by atoms with Gasteiger partial charge in [0.2, 0.25) is 10.0 Å². The molecule has 10 heteroatoms. The summed E-state index contributed by atoms with van der Waals surface area (Å²) in [5.74, 6) is -0.190. The molecule has 0 N–H and O–H groups in total. The van der Waals surface area contributed by atoms with Gasteiger partial charge < -0.3 is 4.90 Å². The largest absolute Gasteiger partial charge is 0.336 e. The number of carbonyl (C=O) groups excluding carboxylic acids is 1. The summed E-state index contributed by atoms with van der Waals surface area (Å²) in [5, 5.41) is 1.52. The smallest absolute Gasteiger partial charge is 0.255 e. The summed E-state index contributed by atoms with van der Waals surface area (Å²) in [4.78, 5) is 19.2. The molecule has 1 aromatic heterocycles. The Morgan fingerprint density at radius 3 is 2.42 bits per heavy atom. The van der Waals surface area contributed by atoms with Crippen LogP contribution in [0.1, 0.15) is 16.1 Å². The number of hydrogen-bond acceptors (Lipinski definition) is 4. The van der Waals surface area contributed by atoms with Crippen LogP contribution >= 0.6 is 34.8 Å². The summed E-state index contributed by atoms with van der Waals surface area (Å²) in [6.07, 6.45) is 0. The molecule has 162 valence electrons. The maximum atomic E-state index is 13.1. The molecule has 0 aliphatic carbocycles. The molecule has 1 aliphatic rings. The van der Waals surface area contributed by atoms with Crippen molar-refractivity contribution in [2.24, 2.45) is 0 Å². The molecule has 1 aliphatic heterocycles. The Bertz CT molecular complexity index is 1290. The van der Waals surface area contributed by atoms with Crippen molar-refractivity contribution in [3.05, 3.63) is 68.8 Å². The molecule has 31 heavy (non-hydrogen) atoms. The van der Waals surface area contributed by atoms with E-state index in [1.54, 1.807) is 36.1 Å². The van der Waals surface area contributed by atoms with Crippen molar-refractivity contribution in [1.29, 1.82) is 0 Å². The van der Waals surface area contributed by atoms with Gasteiger partial charge in [-0.3, -0.25) is 9.78 Å². The number of benzene rings is 2. The van der Waals surface area contributed by atoms with Gasteiger partial charge in [-0.1, -0.05) is 40.9 Å². The monoisotopic (exact) mass is 497 g/mol. The lowest BCUT2D eigenvalue weighted by atomic mass is 10.1. The Kier molecular flexibility index (Phi) is 6.16. The van der Waals surface area contributed by atoms with Gasteiger partial charge in [-0.05, 0) is 43.3 Å². The molecule has 0 unspecified atom stereocenters. The highest BCUT2D eigenvalue weighted by Crippen LogP contribution is 2.31. The van der Waals surface area contributed by atoms with E-state index in [1.807, 2.05) is 6.07 Å². The number of pyridine rings is 1. The number of rotatable bonds is 3. The van der Waals surface area contributed by atoms with Crippen LogP contribution < -0.4 is 0 Å². The lowest BCUT2D eigenvalue weighted by Crippen LogP contribution is -2.50. The Labute approximate surface area is 195 Å². The molecule has 4 rings (SSSR count). The average molecular weight is 499 g/mol. The minimum absolute atomic E-state index is 0.000744. The number of nitrogens with zero attached hydrogens (tertiary/aromatic N) is 3. The van der Waals surface area contributed by atoms with Crippen LogP contribution in [-0.4, -0.2) is 54.7 Å². The normalized spacial score (nSPS) is 15.4. The average Bonchev–Trinajstić information content (AvgIpc) is 2.75. The van der Waals surface area contributed by atoms with Crippen LogP contribution in [0.4, 0.5) is 0 Å². The van der Waals surface area contributed by atoms with Crippen molar-refractivity contribution in [2.75, 3.05) is 26.2 Å². The molecule has 0 radical (unpaired) electrons. The van der Waals surface area contributed by atoms with E-state index >= 15 is 0 Å². The third kappa shape index (κ3) is 4.25. The van der Waals surface area contributed by atoms with Gasteiger partial charge in [0, 0.05) is 36.6 Å². The number of aryl methyl sites for hydroxylation is 1. The van der Waals surface area contributed by atoms with Crippen LogP contribution in [0.3, 0.4) is 0 Å². The molecule has 3 aromatic rings. The molecular weight excluding hydrogens is 481 g/mol. The first kappa shape index (κ1) is 22.3. The molecule has 1 saturated heterocycles. The van der Waals surface area contributed by atoms with Crippen molar-refractivity contribution in [3.8, 4) is 0 Å². The SMILES string of the molecule is Cc1nc2ccc(Cl)cc2cc1C(=O)N1CCN(S(=O)(=O)c2cccc(Cl)c2Cl)CC1. The number of aromatic nitrogens is 1. The van der Waals surface area contributed by atoms with E-state index < -0.39 is 10.0 Å². The summed E-state index contributed by atoms with van der Waals surface area (Å²) in [7, 11) is -3.82. The van der Waals surface area contributed by atoms with Crippen molar-refractivity contribution < 1.29 is 13.2 Å². The standard InChI is InChI=1S/C21H18Cl3N3O3S/c1-13-16(12-14-11-15(22)5-6-18(14)25-13)21(28)26-7-9-27(10-8-26)31(29,30)19-4-2-3-17(23)20(19)24/h2-6,11-12H,7-10H2,1H3. The second-order valence-electron chi connectivity index (χ2n) is 7.21. The van der Waals surface area contributed by atoms with Crippen molar-refractivity contribution in [3.63, 3.8) is 0 Å². The van der Waals surface area contributed by atoms with Crippen molar-refractivity contribution >= 4 is 61.6 Å². The lowest BCUT2D eigenvalue weighted by Gasteiger charge is -2.34. The lowest BCUT2D eigenvalue weighted by molar-refractivity contribution is 0.0697. The third-order valence-corrected chi connectivity index (χ3v) is 8.36. The van der Waals surface area contributed by atoms with Gasteiger partial charge in [0.25, 0.3) is 5.91 Å². The highest BCUT2D eigenvalue weighted by molar-refractivity contribution is 7.89. The fraction of sp³-hybridized carbons (Fsp3) is 0.238. The third-order valence-electron chi connectivity index (χ3n) is 5.26. The van der Waals surface area contributed by atoms with Gasteiger partial charge in [-0.2, -0.15) is 4.31 Å². The molecule has 0 bridgehead atoms.